The average Bonchev–Trinajstić information content (AvgIpc) is 2.30. The number of aromatic hydroxyl groups is 1. The molecule has 0 unspecified atom stereocenters. The number of aryl methyl sites for hydroxylation is 1. The van der Waals surface area contributed by atoms with E-state index in [0.29, 0.717) is 6.42 Å². The van der Waals surface area contributed by atoms with Crippen molar-refractivity contribution >= 4 is 16.3 Å². The van der Waals surface area contributed by atoms with Crippen molar-refractivity contribution in [1.29, 1.82) is 0 Å². The van der Waals surface area contributed by atoms with Gasteiger partial charge >= 0.3 is 5.00 Å². The van der Waals surface area contributed by atoms with Crippen molar-refractivity contribution in [3.05, 3.63) is 21.1 Å². The summed E-state index contributed by atoms with van der Waals surface area (Å²) < 4.78 is 0. The average molecular weight is 173 g/mol. The molecule has 60 valence electrons. The lowest BCUT2D eigenvalue weighted by Crippen LogP contribution is -1.81. The van der Waals surface area contributed by atoms with E-state index in [2.05, 4.69) is 0 Å². The smallest absolute Gasteiger partial charge is 0.365 e. The van der Waals surface area contributed by atoms with Gasteiger partial charge in [-0.2, -0.15) is 0 Å². The van der Waals surface area contributed by atoms with Crippen LogP contribution in [0.1, 0.15) is 11.8 Å². The maximum atomic E-state index is 10.2. The molecule has 0 aliphatic heterocycles. The van der Waals surface area contributed by atoms with Crippen molar-refractivity contribution in [3.8, 4) is 5.75 Å². The molecule has 1 heterocycles. The Morgan fingerprint density at radius 3 is 2.73 bits per heavy atom. The van der Waals surface area contributed by atoms with Gasteiger partial charge in [-0.25, -0.2) is 0 Å². The van der Waals surface area contributed by atoms with Gasteiger partial charge in [-0.15, -0.1) is 0 Å². The molecule has 1 N–H and O–H groups in total. The van der Waals surface area contributed by atoms with Crippen LogP contribution >= 0.6 is 11.3 Å². The monoisotopic (exact) mass is 173 g/mol. The summed E-state index contributed by atoms with van der Waals surface area (Å²) in [7, 11) is 0. The van der Waals surface area contributed by atoms with Gasteiger partial charge in [0.15, 0.2) is 0 Å². The van der Waals surface area contributed by atoms with Gasteiger partial charge in [0.05, 0.1) is 4.92 Å². The van der Waals surface area contributed by atoms with Gasteiger partial charge in [-0.05, 0) is 6.42 Å². The first kappa shape index (κ1) is 8.00. The Balaban J connectivity index is 3.07. The lowest BCUT2D eigenvalue weighted by atomic mass is 10.4. The molecule has 5 heteroatoms. The summed E-state index contributed by atoms with van der Waals surface area (Å²) in [5.41, 5.74) is 0. The van der Waals surface area contributed by atoms with Crippen molar-refractivity contribution in [3.63, 3.8) is 0 Å². The van der Waals surface area contributed by atoms with Crippen molar-refractivity contribution in [2.24, 2.45) is 0 Å². The molecule has 11 heavy (non-hydrogen) atoms. The zero-order valence-corrected chi connectivity index (χ0v) is 6.72. The van der Waals surface area contributed by atoms with Gasteiger partial charge in [-0.1, -0.05) is 18.3 Å². The first-order chi connectivity index (χ1) is 5.15. The Hall–Kier alpha value is -1.10. The molecule has 0 radical (unpaired) electrons. The van der Waals surface area contributed by atoms with Gasteiger partial charge < -0.3 is 5.11 Å². The third-order valence-corrected chi connectivity index (χ3v) is 2.48. The molecule has 0 aliphatic rings. The Morgan fingerprint density at radius 1 is 1.82 bits per heavy atom. The Morgan fingerprint density at radius 2 is 2.45 bits per heavy atom. The quantitative estimate of drug-likeness (QED) is 0.549. The van der Waals surface area contributed by atoms with Crippen LogP contribution in [0.3, 0.4) is 0 Å². The van der Waals surface area contributed by atoms with Crippen molar-refractivity contribution in [1.82, 2.24) is 0 Å². The molecular weight excluding hydrogens is 166 g/mol. The largest absolute Gasteiger partial charge is 0.501 e. The molecule has 0 saturated heterocycles. The van der Waals surface area contributed by atoms with E-state index in [1.807, 2.05) is 6.92 Å². The number of rotatable bonds is 2. The topological polar surface area (TPSA) is 63.4 Å². The Kier molecular flexibility index (Phi) is 2.09. The molecule has 0 fully saturated rings. The van der Waals surface area contributed by atoms with Crippen LogP contribution < -0.4 is 0 Å². The van der Waals surface area contributed by atoms with Crippen molar-refractivity contribution < 1.29 is 10.0 Å². The highest BCUT2D eigenvalue weighted by Gasteiger charge is 2.16. The van der Waals surface area contributed by atoms with Crippen LogP contribution in [0.15, 0.2) is 6.07 Å². The van der Waals surface area contributed by atoms with Gasteiger partial charge in [0, 0.05) is 10.9 Å². The second-order valence-corrected chi connectivity index (χ2v) is 3.13. The molecular formula is C6H7NO3S. The molecule has 1 aromatic heterocycles. The molecule has 0 spiro atoms. The predicted molar refractivity (Wildman–Crippen MR) is 42.0 cm³/mol. The molecule has 0 bridgehead atoms. The molecule has 0 saturated carbocycles. The molecule has 1 rings (SSSR count). The third-order valence-electron chi connectivity index (χ3n) is 1.26. The SMILES string of the molecule is CCc1cc(O)c([N+](=O)[O-])s1. The van der Waals surface area contributed by atoms with Gasteiger partial charge in [-0.3, -0.25) is 10.1 Å². The van der Waals surface area contributed by atoms with Crippen LogP contribution in [0.4, 0.5) is 5.00 Å². The Labute approximate surface area is 67.2 Å². The standard InChI is InChI=1S/C6H7NO3S/c1-2-4-3-5(8)6(11-4)7(9)10/h3,8H,2H2,1H3. The number of hydrogen-bond donors (Lipinski definition) is 1. The summed E-state index contributed by atoms with van der Waals surface area (Å²) in [5, 5.41) is 19.0. The van der Waals surface area contributed by atoms with Crippen LogP contribution in [-0.4, -0.2) is 10.0 Å². The molecule has 0 atom stereocenters. The van der Waals surface area contributed by atoms with E-state index in [0.717, 1.165) is 16.2 Å². The summed E-state index contributed by atoms with van der Waals surface area (Å²) in [6.45, 7) is 1.88. The van der Waals surface area contributed by atoms with Crippen LogP contribution in [0.2, 0.25) is 0 Å². The highest BCUT2D eigenvalue weighted by Crippen LogP contribution is 2.35. The highest BCUT2D eigenvalue weighted by molar-refractivity contribution is 7.15. The summed E-state index contributed by atoms with van der Waals surface area (Å²) in [5.74, 6) is -0.225. The first-order valence-electron chi connectivity index (χ1n) is 3.11. The minimum Gasteiger partial charge on any atom is -0.501 e. The zero-order chi connectivity index (χ0) is 8.43. The van der Waals surface area contributed by atoms with E-state index >= 15 is 0 Å². The zero-order valence-electron chi connectivity index (χ0n) is 5.90. The van der Waals surface area contributed by atoms with Gasteiger partial charge in [0.25, 0.3) is 0 Å². The molecule has 4 nitrogen and oxygen atoms in total. The minimum absolute atomic E-state index is 0.165. The maximum Gasteiger partial charge on any atom is 0.365 e. The summed E-state index contributed by atoms with van der Waals surface area (Å²) in [6.07, 6.45) is 0.714. The van der Waals surface area contributed by atoms with Crippen molar-refractivity contribution in [2.45, 2.75) is 13.3 Å². The fraction of sp³-hybridized carbons (Fsp3) is 0.333. The number of thiophene rings is 1. The molecule has 0 amide bonds. The molecule has 0 aromatic carbocycles. The van der Waals surface area contributed by atoms with Gasteiger partial charge in [0.1, 0.15) is 0 Å². The Bertz CT molecular complexity index is 281. The van der Waals surface area contributed by atoms with E-state index in [1.165, 1.54) is 6.07 Å². The fourth-order valence-electron chi connectivity index (χ4n) is 0.725. The lowest BCUT2D eigenvalue weighted by molar-refractivity contribution is -0.381. The third kappa shape index (κ3) is 1.48. The second-order valence-electron chi connectivity index (χ2n) is 2.01. The summed E-state index contributed by atoms with van der Waals surface area (Å²) >= 11 is 1.02. The van der Waals surface area contributed by atoms with Crippen LogP contribution in [-0.2, 0) is 6.42 Å². The minimum atomic E-state index is -0.570. The van der Waals surface area contributed by atoms with Crippen LogP contribution in [0.25, 0.3) is 0 Å². The van der Waals surface area contributed by atoms with Crippen LogP contribution in [0, 0.1) is 10.1 Å². The van der Waals surface area contributed by atoms with E-state index in [4.69, 9.17) is 5.11 Å². The summed E-state index contributed by atoms with van der Waals surface area (Å²) in [6, 6.07) is 1.43. The number of nitrogens with zero attached hydrogens (tertiary/aromatic N) is 1. The van der Waals surface area contributed by atoms with Gasteiger partial charge in [0.2, 0.25) is 5.75 Å². The lowest BCUT2D eigenvalue weighted by Gasteiger charge is -1.82. The molecule has 1 aromatic rings. The second kappa shape index (κ2) is 2.87. The normalized spacial score (nSPS) is 9.91. The van der Waals surface area contributed by atoms with E-state index in [1.54, 1.807) is 0 Å². The fourth-order valence-corrected chi connectivity index (χ4v) is 1.53. The first-order valence-corrected chi connectivity index (χ1v) is 3.93. The predicted octanol–water partition coefficient (Wildman–Crippen LogP) is 1.92. The maximum absolute atomic E-state index is 10.2. The van der Waals surface area contributed by atoms with Crippen molar-refractivity contribution in [2.75, 3.05) is 0 Å². The summed E-state index contributed by atoms with van der Waals surface area (Å²) in [4.78, 5) is 10.5. The van der Waals surface area contributed by atoms with E-state index < -0.39 is 4.92 Å². The number of nitro groups is 1. The highest BCUT2D eigenvalue weighted by atomic mass is 32.1. The number of hydrogen-bond acceptors (Lipinski definition) is 4. The molecule has 0 aliphatic carbocycles. The van der Waals surface area contributed by atoms with E-state index in [-0.39, 0.29) is 10.8 Å². The van der Waals surface area contributed by atoms with E-state index in [9.17, 15) is 10.1 Å². The van der Waals surface area contributed by atoms with Crippen LogP contribution in [0.5, 0.6) is 5.75 Å².